The van der Waals surface area contributed by atoms with Crippen molar-refractivity contribution in [3.63, 3.8) is 0 Å². The molecule has 0 fully saturated rings. The van der Waals surface area contributed by atoms with E-state index >= 15 is 0 Å². The fraction of sp³-hybridized carbons (Fsp3) is 0.538. The predicted molar refractivity (Wildman–Crippen MR) is 72.4 cm³/mol. The Labute approximate surface area is 108 Å². The average molecular weight is 260 g/mol. The minimum atomic E-state index is 0.302. The van der Waals surface area contributed by atoms with Gasteiger partial charge in [0.05, 0.1) is 10.0 Å². The summed E-state index contributed by atoms with van der Waals surface area (Å²) in [5, 5.41) is 4.77. The van der Waals surface area contributed by atoms with Gasteiger partial charge < -0.3 is 5.32 Å². The van der Waals surface area contributed by atoms with Crippen LogP contribution in [0.5, 0.6) is 0 Å². The van der Waals surface area contributed by atoms with Gasteiger partial charge in [0.15, 0.2) is 0 Å². The molecule has 1 rings (SSSR count). The van der Waals surface area contributed by atoms with E-state index in [0.717, 1.165) is 0 Å². The maximum absolute atomic E-state index is 6.00. The summed E-state index contributed by atoms with van der Waals surface area (Å²) >= 11 is 11.9. The summed E-state index contributed by atoms with van der Waals surface area (Å²) in [6.45, 7) is 6.55. The fourth-order valence-electron chi connectivity index (χ4n) is 1.82. The monoisotopic (exact) mass is 259 g/mol. The molecule has 0 aliphatic heterocycles. The van der Waals surface area contributed by atoms with E-state index in [4.69, 9.17) is 23.2 Å². The van der Waals surface area contributed by atoms with Crippen LogP contribution in [-0.4, -0.2) is 6.04 Å². The summed E-state index contributed by atoms with van der Waals surface area (Å²) in [7, 11) is 0. The molecule has 2 unspecified atom stereocenters. The van der Waals surface area contributed by atoms with Crippen LogP contribution in [0.15, 0.2) is 18.2 Å². The molecule has 0 aliphatic carbocycles. The summed E-state index contributed by atoms with van der Waals surface area (Å²) in [5.74, 6) is 0. The lowest BCUT2D eigenvalue weighted by Crippen LogP contribution is -2.28. The number of rotatable bonds is 5. The highest BCUT2D eigenvalue weighted by molar-refractivity contribution is 6.42. The van der Waals surface area contributed by atoms with Crippen molar-refractivity contribution in [1.82, 2.24) is 5.32 Å². The van der Waals surface area contributed by atoms with Crippen LogP contribution in [-0.2, 0) is 0 Å². The molecule has 0 heterocycles. The summed E-state index contributed by atoms with van der Waals surface area (Å²) < 4.78 is 0. The van der Waals surface area contributed by atoms with Crippen molar-refractivity contribution >= 4 is 23.2 Å². The SMILES string of the molecule is CCCC(C)NC(C)c1ccc(Cl)c(Cl)c1. The highest BCUT2D eigenvalue weighted by atomic mass is 35.5. The Kier molecular flexibility index (Phi) is 5.60. The van der Waals surface area contributed by atoms with Crippen LogP contribution in [0.25, 0.3) is 0 Å². The second-order valence-corrected chi connectivity index (χ2v) is 5.07. The van der Waals surface area contributed by atoms with Crippen molar-refractivity contribution in [2.75, 3.05) is 0 Å². The molecule has 2 atom stereocenters. The second-order valence-electron chi connectivity index (χ2n) is 4.25. The molecule has 1 aromatic rings. The van der Waals surface area contributed by atoms with Gasteiger partial charge in [-0.05, 0) is 38.0 Å². The van der Waals surface area contributed by atoms with Gasteiger partial charge in [-0.1, -0.05) is 42.6 Å². The third-order valence-electron chi connectivity index (χ3n) is 2.70. The number of benzene rings is 1. The molecule has 0 radical (unpaired) electrons. The Hall–Kier alpha value is -0.240. The molecule has 3 heteroatoms. The lowest BCUT2D eigenvalue weighted by Gasteiger charge is -2.20. The first-order chi connectivity index (χ1) is 7.54. The molecule has 0 saturated carbocycles. The van der Waals surface area contributed by atoms with Gasteiger partial charge in [0.1, 0.15) is 0 Å². The molecular weight excluding hydrogens is 241 g/mol. The lowest BCUT2D eigenvalue weighted by atomic mass is 10.1. The van der Waals surface area contributed by atoms with Crippen molar-refractivity contribution in [2.45, 2.75) is 45.7 Å². The maximum Gasteiger partial charge on any atom is 0.0595 e. The topological polar surface area (TPSA) is 12.0 Å². The number of halogens is 2. The quantitative estimate of drug-likeness (QED) is 0.799. The zero-order valence-corrected chi connectivity index (χ0v) is 11.6. The van der Waals surface area contributed by atoms with E-state index in [-0.39, 0.29) is 0 Å². The first-order valence-corrected chi connectivity index (χ1v) is 6.51. The number of hydrogen-bond donors (Lipinski definition) is 1. The average Bonchev–Trinajstić information content (AvgIpc) is 2.22. The summed E-state index contributed by atoms with van der Waals surface area (Å²) in [5.41, 5.74) is 1.18. The van der Waals surface area contributed by atoms with Crippen molar-refractivity contribution < 1.29 is 0 Å². The molecule has 1 aromatic carbocycles. The molecule has 1 nitrogen and oxygen atoms in total. The van der Waals surface area contributed by atoms with Gasteiger partial charge in [-0.15, -0.1) is 0 Å². The Morgan fingerprint density at radius 2 is 1.88 bits per heavy atom. The highest BCUT2D eigenvalue weighted by Gasteiger charge is 2.10. The van der Waals surface area contributed by atoms with E-state index in [1.165, 1.54) is 18.4 Å². The van der Waals surface area contributed by atoms with E-state index in [2.05, 4.69) is 26.1 Å². The van der Waals surface area contributed by atoms with E-state index in [1.807, 2.05) is 18.2 Å². The second kappa shape index (κ2) is 6.48. The normalized spacial score (nSPS) is 14.8. The highest BCUT2D eigenvalue weighted by Crippen LogP contribution is 2.25. The molecule has 0 aromatic heterocycles. The van der Waals surface area contributed by atoms with Crippen LogP contribution in [0.2, 0.25) is 10.0 Å². The van der Waals surface area contributed by atoms with Crippen LogP contribution in [0.3, 0.4) is 0 Å². The van der Waals surface area contributed by atoms with Crippen molar-refractivity contribution in [3.8, 4) is 0 Å². The standard InChI is InChI=1S/C13H19Cl2N/c1-4-5-9(2)16-10(3)11-6-7-12(14)13(15)8-11/h6-10,16H,4-5H2,1-3H3. The maximum atomic E-state index is 6.00. The Morgan fingerprint density at radius 3 is 2.44 bits per heavy atom. The van der Waals surface area contributed by atoms with E-state index < -0.39 is 0 Å². The summed E-state index contributed by atoms with van der Waals surface area (Å²) in [4.78, 5) is 0. The molecule has 0 spiro atoms. The van der Waals surface area contributed by atoms with Gasteiger partial charge in [-0.2, -0.15) is 0 Å². The van der Waals surface area contributed by atoms with E-state index in [9.17, 15) is 0 Å². The van der Waals surface area contributed by atoms with Crippen LogP contribution in [0.1, 0.15) is 45.2 Å². The van der Waals surface area contributed by atoms with Crippen LogP contribution in [0.4, 0.5) is 0 Å². The van der Waals surface area contributed by atoms with Gasteiger partial charge in [-0.3, -0.25) is 0 Å². The van der Waals surface area contributed by atoms with Crippen LogP contribution in [0, 0.1) is 0 Å². The van der Waals surface area contributed by atoms with Gasteiger partial charge in [0, 0.05) is 12.1 Å². The predicted octanol–water partition coefficient (Wildman–Crippen LogP) is 4.83. The molecule has 0 bridgehead atoms. The van der Waals surface area contributed by atoms with Gasteiger partial charge in [-0.25, -0.2) is 0 Å². The summed E-state index contributed by atoms with van der Waals surface area (Å²) in [6.07, 6.45) is 2.38. The van der Waals surface area contributed by atoms with Gasteiger partial charge in [0.25, 0.3) is 0 Å². The Balaban J connectivity index is 2.65. The summed E-state index contributed by atoms with van der Waals surface area (Å²) in [6, 6.07) is 6.62. The smallest absolute Gasteiger partial charge is 0.0595 e. The fourth-order valence-corrected chi connectivity index (χ4v) is 2.13. The molecule has 0 saturated heterocycles. The molecular formula is C13H19Cl2N. The minimum absolute atomic E-state index is 0.302. The van der Waals surface area contributed by atoms with Crippen molar-refractivity contribution in [2.24, 2.45) is 0 Å². The molecule has 90 valence electrons. The molecule has 16 heavy (non-hydrogen) atoms. The zero-order chi connectivity index (χ0) is 12.1. The Morgan fingerprint density at radius 1 is 1.19 bits per heavy atom. The van der Waals surface area contributed by atoms with Crippen LogP contribution < -0.4 is 5.32 Å². The third kappa shape index (κ3) is 3.97. The van der Waals surface area contributed by atoms with Gasteiger partial charge in [0.2, 0.25) is 0 Å². The largest absolute Gasteiger partial charge is 0.308 e. The molecule has 0 aliphatic rings. The van der Waals surface area contributed by atoms with E-state index in [0.29, 0.717) is 22.1 Å². The van der Waals surface area contributed by atoms with Gasteiger partial charge >= 0.3 is 0 Å². The zero-order valence-electron chi connectivity index (χ0n) is 10.1. The van der Waals surface area contributed by atoms with Crippen molar-refractivity contribution in [3.05, 3.63) is 33.8 Å². The number of hydrogen-bond acceptors (Lipinski definition) is 1. The first kappa shape index (κ1) is 13.8. The third-order valence-corrected chi connectivity index (χ3v) is 3.44. The molecule has 1 N–H and O–H groups in total. The lowest BCUT2D eigenvalue weighted by molar-refractivity contribution is 0.453. The van der Waals surface area contributed by atoms with Crippen LogP contribution >= 0.6 is 23.2 Å². The van der Waals surface area contributed by atoms with Crippen molar-refractivity contribution in [1.29, 1.82) is 0 Å². The first-order valence-electron chi connectivity index (χ1n) is 5.75. The number of nitrogens with one attached hydrogen (secondary N) is 1. The minimum Gasteiger partial charge on any atom is -0.308 e. The molecule has 0 amide bonds. The van der Waals surface area contributed by atoms with E-state index in [1.54, 1.807) is 0 Å². The Bertz CT molecular complexity index is 339.